The zero-order valence-corrected chi connectivity index (χ0v) is 13.1. The molecule has 6 heteroatoms. The molecule has 5 nitrogen and oxygen atoms in total. The second kappa shape index (κ2) is 7.05. The summed E-state index contributed by atoms with van der Waals surface area (Å²) in [6.45, 7) is 5.58. The molecule has 122 valence electrons. The molecule has 2 atom stereocenters. The normalized spacial score (nSPS) is 20.5. The van der Waals surface area contributed by atoms with E-state index in [0.717, 1.165) is 5.56 Å². The minimum Gasteiger partial charge on any atom is -0.563 e. The number of halogens is 1. The highest BCUT2D eigenvalue weighted by molar-refractivity contribution is 5.71. The summed E-state index contributed by atoms with van der Waals surface area (Å²) >= 11 is 0. The number of rotatable bonds is 6. The van der Waals surface area contributed by atoms with Gasteiger partial charge in [-0.2, -0.15) is 0 Å². The second-order valence-corrected chi connectivity index (χ2v) is 6.41. The van der Waals surface area contributed by atoms with Crippen molar-refractivity contribution in [2.24, 2.45) is 5.92 Å². The summed E-state index contributed by atoms with van der Waals surface area (Å²) in [5.41, 5.74) is 0.587. The number of likely N-dealkylation sites (tertiary alicyclic amines) is 1. The van der Waals surface area contributed by atoms with E-state index < -0.39 is 18.2 Å². The van der Waals surface area contributed by atoms with Gasteiger partial charge in [-0.1, -0.05) is 19.9 Å². The van der Waals surface area contributed by atoms with Crippen LogP contribution >= 0.6 is 0 Å². The van der Waals surface area contributed by atoms with Crippen LogP contribution in [-0.4, -0.2) is 39.8 Å². The Hall–Kier alpha value is -1.69. The van der Waals surface area contributed by atoms with Gasteiger partial charge in [-0.25, -0.2) is 4.39 Å². The van der Waals surface area contributed by atoms with E-state index in [-0.39, 0.29) is 11.5 Å². The highest BCUT2D eigenvalue weighted by Crippen LogP contribution is 2.19. The minimum absolute atomic E-state index is 0.209. The van der Waals surface area contributed by atoms with E-state index in [2.05, 4.69) is 0 Å². The van der Waals surface area contributed by atoms with Crippen LogP contribution in [0.4, 0.5) is 4.39 Å². The number of hydrogen-bond donors (Lipinski definition) is 0. The van der Waals surface area contributed by atoms with E-state index in [4.69, 9.17) is 5.11 Å². The molecular formula is C16H24FN2O3+. The van der Waals surface area contributed by atoms with Gasteiger partial charge in [0.1, 0.15) is 6.17 Å². The van der Waals surface area contributed by atoms with E-state index in [0.29, 0.717) is 32.5 Å². The first-order valence-electron chi connectivity index (χ1n) is 7.69. The Morgan fingerprint density at radius 3 is 2.73 bits per heavy atom. The number of alkyl halides is 1. The van der Waals surface area contributed by atoms with Crippen LogP contribution in [-0.2, 0) is 11.3 Å². The first-order chi connectivity index (χ1) is 10.4. The fourth-order valence-electron chi connectivity index (χ4n) is 2.87. The van der Waals surface area contributed by atoms with Gasteiger partial charge in [-0.15, -0.1) is 0 Å². The Morgan fingerprint density at radius 1 is 1.45 bits per heavy atom. The molecular weight excluding hydrogens is 287 g/mol. The molecule has 2 heterocycles. The van der Waals surface area contributed by atoms with Gasteiger partial charge in [0.05, 0.1) is 0 Å². The maximum Gasteiger partial charge on any atom is 0.539 e. The molecule has 0 bridgehead atoms. The van der Waals surface area contributed by atoms with Crippen molar-refractivity contribution in [3.05, 3.63) is 34.2 Å². The van der Waals surface area contributed by atoms with E-state index in [1.165, 1.54) is 10.6 Å². The molecule has 1 aromatic rings. The van der Waals surface area contributed by atoms with Crippen LogP contribution in [0.25, 0.3) is 0 Å². The minimum atomic E-state index is -0.783. The first-order valence-corrected chi connectivity index (χ1v) is 7.69. The van der Waals surface area contributed by atoms with Crippen LogP contribution in [0.1, 0.15) is 38.3 Å². The Bertz CT molecular complexity index is 585. The number of pyridine rings is 1. The third kappa shape index (κ3) is 4.16. The highest BCUT2D eigenvalue weighted by Gasteiger charge is 2.29. The van der Waals surface area contributed by atoms with Gasteiger partial charge in [-0.3, -0.25) is 14.3 Å². The lowest BCUT2D eigenvalue weighted by Gasteiger charge is -2.18. The number of carbonyl (C=O) groups excluding carboxylic acids is 1. The molecule has 0 saturated carbocycles. The summed E-state index contributed by atoms with van der Waals surface area (Å²) in [5.74, 6) is -0.543. The third-order valence-electron chi connectivity index (χ3n) is 3.95. The molecule has 1 aliphatic heterocycles. The maximum atomic E-state index is 13.2. The van der Waals surface area contributed by atoms with E-state index in [9.17, 15) is 14.0 Å². The van der Waals surface area contributed by atoms with E-state index >= 15 is 0 Å². The number of aromatic nitrogens is 1. The summed E-state index contributed by atoms with van der Waals surface area (Å²) in [5, 5.41) is 7.42. The van der Waals surface area contributed by atoms with Crippen molar-refractivity contribution < 1.29 is 14.3 Å². The van der Waals surface area contributed by atoms with Crippen LogP contribution < -0.4 is 5.56 Å². The average Bonchev–Trinajstić information content (AvgIpc) is 2.83. The fraction of sp³-hybridized carbons (Fsp3) is 0.625. The summed E-state index contributed by atoms with van der Waals surface area (Å²) in [7, 11) is 0. The van der Waals surface area contributed by atoms with Crippen molar-refractivity contribution >= 4 is 5.97 Å². The van der Waals surface area contributed by atoms with E-state index in [1.807, 2.05) is 18.7 Å². The predicted octanol–water partition coefficient (Wildman–Crippen LogP) is 1.23. The molecule has 0 spiro atoms. The molecule has 2 rings (SSSR count). The van der Waals surface area contributed by atoms with Gasteiger partial charge in [0, 0.05) is 36.7 Å². The van der Waals surface area contributed by atoms with Crippen LogP contribution in [0.3, 0.4) is 0 Å². The third-order valence-corrected chi connectivity index (χ3v) is 3.95. The molecule has 0 radical (unpaired) electrons. The predicted molar refractivity (Wildman–Crippen MR) is 82.6 cm³/mol. The Labute approximate surface area is 129 Å². The van der Waals surface area contributed by atoms with Gasteiger partial charge in [0.2, 0.25) is 0 Å². The monoisotopic (exact) mass is 311 g/mol. The van der Waals surface area contributed by atoms with Gasteiger partial charge in [0.15, 0.2) is 6.04 Å². The molecule has 2 N–H and O–H groups in total. The molecule has 1 aromatic heterocycles. The standard InChI is InChI=1S/C16H23FN2O3/c1-11(2)7-14(16(21)22)19-9-12(3-4-15(19)20)8-18-6-5-13(17)10-18/h3-4,9,11,13-14H,5-8,10H2,1-2H3,(H,21,22)/p+1/t13-,14?/m1/s1. The summed E-state index contributed by atoms with van der Waals surface area (Å²) in [6, 6.07) is 2.39. The summed E-state index contributed by atoms with van der Waals surface area (Å²) in [6.07, 6.45) is 1.87. The Kier molecular flexibility index (Phi) is 5.34. The molecule has 1 fully saturated rings. The SMILES string of the molecule is CC(C)CC(C(=O)[OH2+])n1cc(CN2CC[C@@H](F)C2)ccc1=O. The van der Waals surface area contributed by atoms with Crippen LogP contribution in [0.5, 0.6) is 0 Å². The number of hydrogen-bond acceptors (Lipinski definition) is 3. The molecule has 0 aromatic carbocycles. The molecule has 0 aliphatic carbocycles. The Morgan fingerprint density at radius 2 is 2.18 bits per heavy atom. The fourth-order valence-corrected chi connectivity index (χ4v) is 2.87. The second-order valence-electron chi connectivity index (χ2n) is 6.41. The smallest absolute Gasteiger partial charge is 0.539 e. The first kappa shape index (κ1) is 16.7. The van der Waals surface area contributed by atoms with Crippen molar-refractivity contribution in [2.75, 3.05) is 13.1 Å². The average molecular weight is 311 g/mol. The molecule has 0 amide bonds. The quantitative estimate of drug-likeness (QED) is 0.742. The molecule has 1 aliphatic rings. The zero-order chi connectivity index (χ0) is 16.3. The molecule has 1 unspecified atom stereocenters. The van der Waals surface area contributed by atoms with Gasteiger partial charge in [-0.05, 0) is 24.3 Å². The zero-order valence-electron chi connectivity index (χ0n) is 13.1. The Balaban J connectivity index is 2.21. The van der Waals surface area contributed by atoms with Gasteiger partial charge >= 0.3 is 5.97 Å². The van der Waals surface area contributed by atoms with Gasteiger partial charge in [0.25, 0.3) is 5.56 Å². The number of carbonyl (C=O) groups is 1. The highest BCUT2D eigenvalue weighted by atomic mass is 19.1. The lowest BCUT2D eigenvalue weighted by Crippen LogP contribution is -2.31. The molecule has 22 heavy (non-hydrogen) atoms. The maximum absolute atomic E-state index is 13.2. The summed E-state index contributed by atoms with van der Waals surface area (Å²) in [4.78, 5) is 25.6. The summed E-state index contributed by atoms with van der Waals surface area (Å²) < 4.78 is 14.6. The van der Waals surface area contributed by atoms with Crippen molar-refractivity contribution in [2.45, 2.75) is 45.4 Å². The van der Waals surface area contributed by atoms with E-state index in [1.54, 1.807) is 12.3 Å². The van der Waals surface area contributed by atoms with Crippen LogP contribution in [0.15, 0.2) is 23.1 Å². The lowest BCUT2D eigenvalue weighted by atomic mass is 10.0. The van der Waals surface area contributed by atoms with Crippen molar-refractivity contribution in [1.82, 2.24) is 9.47 Å². The van der Waals surface area contributed by atoms with Crippen molar-refractivity contribution in [3.8, 4) is 0 Å². The molecule has 1 saturated heterocycles. The van der Waals surface area contributed by atoms with Crippen LogP contribution in [0, 0.1) is 5.92 Å². The van der Waals surface area contributed by atoms with Crippen molar-refractivity contribution in [1.29, 1.82) is 0 Å². The lowest BCUT2D eigenvalue weighted by molar-refractivity contribution is -0.141. The van der Waals surface area contributed by atoms with Gasteiger partial charge < -0.3 is 5.11 Å². The van der Waals surface area contributed by atoms with Crippen LogP contribution in [0.2, 0.25) is 0 Å². The largest absolute Gasteiger partial charge is 0.563 e. The number of nitrogens with zero attached hydrogens (tertiary/aromatic N) is 2. The van der Waals surface area contributed by atoms with Crippen molar-refractivity contribution in [3.63, 3.8) is 0 Å². The topological polar surface area (TPSA) is 65.2 Å².